The SMILES string of the molecule is O=C(CN1C(=O)NC2(CCc3ccccc32)C1=O)N=c1sccn1Cc1ccccc1Cl. The number of carbonyl (C=O) groups is 3. The molecule has 4 amide bonds. The van der Waals surface area contributed by atoms with Crippen molar-refractivity contribution in [2.45, 2.75) is 24.9 Å². The molecule has 1 unspecified atom stereocenters. The number of benzene rings is 2. The third-order valence-electron chi connectivity index (χ3n) is 5.89. The van der Waals surface area contributed by atoms with Gasteiger partial charge >= 0.3 is 6.03 Å². The van der Waals surface area contributed by atoms with Gasteiger partial charge in [0.05, 0.1) is 6.54 Å². The van der Waals surface area contributed by atoms with Crippen molar-refractivity contribution >= 4 is 40.8 Å². The van der Waals surface area contributed by atoms with Crippen molar-refractivity contribution in [3.63, 3.8) is 0 Å². The van der Waals surface area contributed by atoms with Crippen LogP contribution in [0.2, 0.25) is 5.02 Å². The zero-order chi connectivity index (χ0) is 22.3. The van der Waals surface area contributed by atoms with E-state index in [1.165, 1.54) is 11.3 Å². The Labute approximate surface area is 193 Å². The minimum absolute atomic E-state index is 0.397. The summed E-state index contributed by atoms with van der Waals surface area (Å²) in [6.45, 7) is 0.0525. The second-order valence-corrected chi connectivity index (χ2v) is 9.07. The summed E-state index contributed by atoms with van der Waals surface area (Å²) in [6.07, 6.45) is 3.01. The lowest BCUT2D eigenvalue weighted by Gasteiger charge is -2.21. The van der Waals surface area contributed by atoms with E-state index in [4.69, 9.17) is 11.6 Å². The molecule has 0 radical (unpaired) electrons. The maximum Gasteiger partial charge on any atom is 0.325 e. The highest BCUT2D eigenvalue weighted by Crippen LogP contribution is 2.41. The Morgan fingerprint density at radius 3 is 2.78 bits per heavy atom. The number of hydrogen-bond acceptors (Lipinski definition) is 4. The van der Waals surface area contributed by atoms with E-state index >= 15 is 0 Å². The molecular weight excluding hydrogens is 448 g/mol. The van der Waals surface area contributed by atoms with Crippen molar-refractivity contribution in [3.05, 3.63) is 86.6 Å². The van der Waals surface area contributed by atoms with Gasteiger partial charge in [0.25, 0.3) is 11.8 Å². The first-order valence-corrected chi connectivity index (χ1v) is 11.4. The summed E-state index contributed by atoms with van der Waals surface area (Å²) < 4.78 is 1.81. The number of aromatic nitrogens is 1. The predicted molar refractivity (Wildman–Crippen MR) is 120 cm³/mol. The normalized spacial score (nSPS) is 20.2. The Bertz CT molecular complexity index is 1310. The molecule has 2 aromatic carbocycles. The van der Waals surface area contributed by atoms with E-state index in [0.717, 1.165) is 21.6 Å². The van der Waals surface area contributed by atoms with Crippen LogP contribution in [0, 0.1) is 0 Å². The molecule has 5 rings (SSSR count). The molecule has 0 bridgehead atoms. The largest absolute Gasteiger partial charge is 0.325 e. The number of rotatable bonds is 4. The second-order valence-electron chi connectivity index (χ2n) is 7.79. The first-order valence-electron chi connectivity index (χ1n) is 10.2. The Kier molecular flexibility index (Phi) is 5.19. The third-order valence-corrected chi connectivity index (χ3v) is 7.06. The monoisotopic (exact) mass is 466 g/mol. The minimum atomic E-state index is -1.08. The van der Waals surface area contributed by atoms with Crippen LogP contribution in [0.25, 0.3) is 0 Å². The van der Waals surface area contributed by atoms with Gasteiger partial charge in [-0.1, -0.05) is 54.1 Å². The van der Waals surface area contributed by atoms with E-state index in [1.54, 1.807) is 6.07 Å². The molecule has 1 aliphatic heterocycles. The van der Waals surface area contributed by atoms with E-state index in [9.17, 15) is 14.4 Å². The first kappa shape index (κ1) is 20.7. The average Bonchev–Trinajstić information content (AvgIpc) is 3.44. The summed E-state index contributed by atoms with van der Waals surface area (Å²) >= 11 is 7.54. The maximum absolute atomic E-state index is 13.2. The van der Waals surface area contributed by atoms with Gasteiger partial charge in [-0.2, -0.15) is 4.99 Å². The van der Waals surface area contributed by atoms with Crippen molar-refractivity contribution in [3.8, 4) is 0 Å². The zero-order valence-corrected chi connectivity index (χ0v) is 18.5. The predicted octanol–water partition coefficient (Wildman–Crippen LogP) is 3.07. The van der Waals surface area contributed by atoms with Crippen molar-refractivity contribution in [2.24, 2.45) is 4.99 Å². The summed E-state index contributed by atoms with van der Waals surface area (Å²) in [5.41, 5.74) is 1.66. The number of imide groups is 1. The molecular formula is C23H19ClN4O3S. The minimum Gasteiger partial charge on any atom is -0.319 e. The van der Waals surface area contributed by atoms with E-state index < -0.39 is 29.9 Å². The van der Waals surface area contributed by atoms with Crippen LogP contribution < -0.4 is 10.1 Å². The molecule has 1 aliphatic carbocycles. The van der Waals surface area contributed by atoms with Crippen LogP contribution in [0.4, 0.5) is 4.79 Å². The lowest BCUT2D eigenvalue weighted by Crippen LogP contribution is -2.42. The van der Waals surface area contributed by atoms with Gasteiger partial charge in [-0.05, 0) is 35.6 Å². The molecule has 0 saturated carbocycles. The average molecular weight is 467 g/mol. The van der Waals surface area contributed by atoms with Crippen LogP contribution in [0.15, 0.2) is 65.1 Å². The zero-order valence-electron chi connectivity index (χ0n) is 17.0. The second kappa shape index (κ2) is 8.03. The fourth-order valence-corrected chi connectivity index (χ4v) is 5.27. The third kappa shape index (κ3) is 3.45. The molecule has 9 heteroatoms. The Hall–Kier alpha value is -3.23. The van der Waals surface area contributed by atoms with E-state index in [-0.39, 0.29) is 0 Å². The van der Waals surface area contributed by atoms with Crippen LogP contribution >= 0.6 is 22.9 Å². The number of nitrogens with one attached hydrogen (secondary N) is 1. The standard InChI is InChI=1S/C23H19ClN4O3S/c24-18-8-4-2-6-16(18)13-27-11-12-32-22(27)25-19(29)14-28-20(30)23(26-21(28)31)10-9-15-5-1-3-7-17(15)23/h1-8,11-12H,9-10,13-14H2,(H,26,31). The number of amides is 4. The number of thiazole rings is 1. The molecule has 1 aromatic heterocycles. The molecule has 162 valence electrons. The van der Waals surface area contributed by atoms with Crippen LogP contribution in [-0.4, -0.2) is 33.9 Å². The topological polar surface area (TPSA) is 83.8 Å². The summed E-state index contributed by atoms with van der Waals surface area (Å²) in [5.74, 6) is -0.960. The maximum atomic E-state index is 13.2. The highest BCUT2D eigenvalue weighted by atomic mass is 35.5. The summed E-state index contributed by atoms with van der Waals surface area (Å²) in [6, 6.07) is 14.5. The van der Waals surface area contributed by atoms with Gasteiger partial charge < -0.3 is 9.88 Å². The molecule has 1 spiro atoms. The number of carbonyl (C=O) groups excluding carboxylic acids is 3. The van der Waals surface area contributed by atoms with Crippen molar-refractivity contribution in [2.75, 3.05) is 6.54 Å². The van der Waals surface area contributed by atoms with Crippen LogP contribution in [0.3, 0.4) is 0 Å². The molecule has 3 aromatic rings. The van der Waals surface area contributed by atoms with Gasteiger partial charge in [0, 0.05) is 16.6 Å². The van der Waals surface area contributed by atoms with Gasteiger partial charge in [-0.3, -0.25) is 14.5 Å². The molecule has 2 aliphatic rings. The van der Waals surface area contributed by atoms with Gasteiger partial charge in [0.15, 0.2) is 4.80 Å². The van der Waals surface area contributed by atoms with E-state index in [0.29, 0.717) is 29.2 Å². The van der Waals surface area contributed by atoms with Crippen molar-refractivity contribution < 1.29 is 14.4 Å². The van der Waals surface area contributed by atoms with Crippen LogP contribution in [0.1, 0.15) is 23.1 Å². The number of nitrogens with zero attached hydrogens (tertiary/aromatic N) is 3. The van der Waals surface area contributed by atoms with Gasteiger partial charge in [-0.25, -0.2) is 4.79 Å². The van der Waals surface area contributed by atoms with Crippen LogP contribution in [-0.2, 0) is 28.1 Å². The molecule has 32 heavy (non-hydrogen) atoms. The molecule has 1 atom stereocenters. The fourth-order valence-electron chi connectivity index (χ4n) is 4.33. The summed E-state index contributed by atoms with van der Waals surface area (Å²) in [7, 11) is 0. The molecule has 2 heterocycles. The van der Waals surface area contributed by atoms with Gasteiger partial charge in [-0.15, -0.1) is 11.3 Å². The van der Waals surface area contributed by atoms with E-state index in [2.05, 4.69) is 10.3 Å². The fraction of sp³-hybridized carbons (Fsp3) is 0.217. The number of urea groups is 1. The Morgan fingerprint density at radius 2 is 1.94 bits per heavy atom. The molecule has 1 fully saturated rings. The van der Waals surface area contributed by atoms with Crippen molar-refractivity contribution in [1.29, 1.82) is 0 Å². The van der Waals surface area contributed by atoms with Crippen molar-refractivity contribution in [1.82, 2.24) is 14.8 Å². The Morgan fingerprint density at radius 1 is 1.16 bits per heavy atom. The highest BCUT2D eigenvalue weighted by molar-refractivity contribution is 7.07. The number of aryl methyl sites for hydroxylation is 1. The summed E-state index contributed by atoms with van der Waals surface area (Å²) in [4.78, 5) is 44.2. The lowest BCUT2D eigenvalue weighted by molar-refractivity contribution is -0.134. The number of halogens is 1. The van der Waals surface area contributed by atoms with Gasteiger partial charge in [0.2, 0.25) is 0 Å². The lowest BCUT2D eigenvalue weighted by atomic mass is 9.92. The van der Waals surface area contributed by atoms with E-state index in [1.807, 2.05) is 58.6 Å². The first-order chi connectivity index (χ1) is 15.5. The molecule has 1 saturated heterocycles. The quantitative estimate of drug-likeness (QED) is 0.600. The molecule has 7 nitrogen and oxygen atoms in total. The number of hydrogen-bond donors (Lipinski definition) is 1. The Balaban J connectivity index is 1.36. The number of fused-ring (bicyclic) bond motifs is 2. The smallest absolute Gasteiger partial charge is 0.319 e. The van der Waals surface area contributed by atoms with Gasteiger partial charge in [0.1, 0.15) is 12.1 Å². The van der Waals surface area contributed by atoms with Crippen LogP contribution in [0.5, 0.6) is 0 Å². The molecule has 1 N–H and O–H groups in total. The summed E-state index contributed by atoms with van der Waals surface area (Å²) in [5, 5.41) is 5.28. The highest BCUT2D eigenvalue weighted by Gasteiger charge is 2.55.